The Morgan fingerprint density at radius 1 is 0.812 bits per heavy atom. The van der Waals surface area contributed by atoms with E-state index >= 15 is 0 Å². The van der Waals surface area contributed by atoms with Crippen molar-refractivity contribution in [2.75, 3.05) is 0 Å². The molecule has 0 aliphatic rings. The number of allylic oxidation sites excluding steroid dienone is 4. The van der Waals surface area contributed by atoms with Gasteiger partial charge in [0.2, 0.25) is 0 Å². The number of carbonyl (C=O) groups is 2. The van der Waals surface area contributed by atoms with E-state index in [0.29, 0.717) is 0 Å². The monoisotopic (exact) mass is 276 g/mol. The summed E-state index contributed by atoms with van der Waals surface area (Å²) in [6.07, 6.45) is 2.33. The second-order valence-corrected chi connectivity index (χ2v) is 2.79. The molecule has 0 amide bonds. The predicted molar refractivity (Wildman–Crippen MR) is 57.7 cm³/mol. The minimum Gasteiger partial charge on any atom is -0.512 e. The number of rotatable bonds is 2. The number of aliphatic hydroxyl groups is 2. The molecule has 0 saturated carbocycles. The fourth-order valence-electron chi connectivity index (χ4n) is 0.588. The third-order valence-electron chi connectivity index (χ3n) is 0.824. The van der Waals surface area contributed by atoms with Crippen molar-refractivity contribution in [3.63, 3.8) is 0 Å². The first-order valence-corrected chi connectivity index (χ1v) is 4.01. The zero-order chi connectivity index (χ0) is 11.7. The molecule has 16 heavy (non-hydrogen) atoms. The first-order valence-electron chi connectivity index (χ1n) is 4.01. The average molecular weight is 277 g/mol. The van der Waals surface area contributed by atoms with E-state index in [1.165, 1.54) is 39.8 Å². The molecule has 0 heterocycles. The van der Waals surface area contributed by atoms with Crippen LogP contribution in [0, 0.1) is 0 Å². The standard InChI is InChI=1S/2C5H8O2.Ni.H2O/c2*1-4(6)3-5(2)7;;/h2*3,6H,1-2H3;;1H2/b2*4-3-;;. The van der Waals surface area contributed by atoms with E-state index in [2.05, 4.69) is 0 Å². The van der Waals surface area contributed by atoms with Crippen LogP contribution in [0.4, 0.5) is 0 Å². The van der Waals surface area contributed by atoms with Crippen molar-refractivity contribution in [3.8, 4) is 0 Å². The summed E-state index contributed by atoms with van der Waals surface area (Å²) >= 11 is 0. The Bertz CT molecular complexity index is 232. The molecule has 0 fully saturated rings. The summed E-state index contributed by atoms with van der Waals surface area (Å²) in [5.74, 6) is -0.125. The molecule has 0 unspecified atom stereocenters. The molecule has 0 radical (unpaired) electrons. The van der Waals surface area contributed by atoms with Crippen molar-refractivity contribution >= 4 is 11.6 Å². The number of hydrogen-bond donors (Lipinski definition) is 2. The SMILES string of the molecule is CC(=O)/C=C(/C)O.CC(=O)/C=C(/C)O.O.[Ni]. The van der Waals surface area contributed by atoms with E-state index in [4.69, 9.17) is 10.2 Å². The van der Waals surface area contributed by atoms with Crippen LogP contribution >= 0.6 is 0 Å². The van der Waals surface area contributed by atoms with Gasteiger partial charge in [-0.15, -0.1) is 0 Å². The van der Waals surface area contributed by atoms with Gasteiger partial charge in [0.1, 0.15) is 0 Å². The van der Waals surface area contributed by atoms with Gasteiger partial charge in [-0.05, 0) is 27.7 Å². The zero-order valence-electron chi connectivity index (χ0n) is 9.68. The maximum Gasteiger partial charge on any atom is 0.155 e. The molecule has 4 N–H and O–H groups in total. The summed E-state index contributed by atoms with van der Waals surface area (Å²) in [6, 6.07) is 0. The molecule has 0 atom stereocenters. The van der Waals surface area contributed by atoms with Gasteiger partial charge in [-0.2, -0.15) is 0 Å². The molecular weight excluding hydrogens is 259 g/mol. The normalized spacial score (nSPS) is 10.0. The Kier molecular flexibility index (Phi) is 21.0. The van der Waals surface area contributed by atoms with Crippen LogP contribution in [0.3, 0.4) is 0 Å². The van der Waals surface area contributed by atoms with E-state index in [-0.39, 0.29) is 45.1 Å². The first kappa shape index (κ1) is 24.2. The number of hydrogen-bond acceptors (Lipinski definition) is 4. The average Bonchev–Trinajstić information content (AvgIpc) is 1.79. The van der Waals surface area contributed by atoms with Crippen LogP contribution in [-0.4, -0.2) is 27.3 Å². The molecule has 0 aliphatic carbocycles. The predicted octanol–water partition coefficient (Wildman–Crippen LogP) is 1.25. The summed E-state index contributed by atoms with van der Waals surface area (Å²) in [5.41, 5.74) is 0. The van der Waals surface area contributed by atoms with Gasteiger partial charge in [-0.3, -0.25) is 9.59 Å². The minimum atomic E-state index is -0.125. The molecule has 6 heteroatoms. The van der Waals surface area contributed by atoms with E-state index in [1.807, 2.05) is 0 Å². The molecule has 0 bridgehead atoms. The van der Waals surface area contributed by atoms with Gasteiger partial charge in [0.05, 0.1) is 11.5 Å². The van der Waals surface area contributed by atoms with Crippen LogP contribution < -0.4 is 0 Å². The van der Waals surface area contributed by atoms with Crippen LogP contribution in [0.1, 0.15) is 27.7 Å². The van der Waals surface area contributed by atoms with Crippen LogP contribution in [0.25, 0.3) is 0 Å². The van der Waals surface area contributed by atoms with Crippen LogP contribution in [0.5, 0.6) is 0 Å². The van der Waals surface area contributed by atoms with Crippen molar-refractivity contribution in [1.82, 2.24) is 0 Å². The molecule has 98 valence electrons. The molecule has 0 saturated heterocycles. The summed E-state index contributed by atoms with van der Waals surface area (Å²) in [6.45, 7) is 5.70. The van der Waals surface area contributed by atoms with Gasteiger partial charge in [-0.25, -0.2) is 0 Å². The topological polar surface area (TPSA) is 106 Å². The van der Waals surface area contributed by atoms with Crippen LogP contribution in [-0.2, 0) is 26.1 Å². The van der Waals surface area contributed by atoms with Gasteiger partial charge in [0.15, 0.2) is 11.6 Å². The van der Waals surface area contributed by atoms with Crippen molar-refractivity contribution < 1.29 is 41.8 Å². The molecule has 0 aromatic rings. The number of aliphatic hydroxyl groups excluding tert-OH is 2. The van der Waals surface area contributed by atoms with E-state index in [0.717, 1.165) is 0 Å². The fraction of sp³-hybridized carbons (Fsp3) is 0.400. The number of carbonyl (C=O) groups excluding carboxylic acids is 2. The third-order valence-corrected chi connectivity index (χ3v) is 0.824. The number of ketones is 2. The first-order chi connectivity index (χ1) is 6.25. The van der Waals surface area contributed by atoms with E-state index < -0.39 is 0 Å². The largest absolute Gasteiger partial charge is 0.512 e. The van der Waals surface area contributed by atoms with Gasteiger partial charge in [0, 0.05) is 28.6 Å². The maximum atomic E-state index is 10.0. The Labute approximate surface area is 105 Å². The maximum absolute atomic E-state index is 10.0. The second kappa shape index (κ2) is 13.9. The summed E-state index contributed by atoms with van der Waals surface area (Å²) in [7, 11) is 0. The molecule has 5 nitrogen and oxygen atoms in total. The van der Waals surface area contributed by atoms with Crippen molar-refractivity contribution in [2.45, 2.75) is 27.7 Å². The zero-order valence-corrected chi connectivity index (χ0v) is 10.7. The quantitative estimate of drug-likeness (QED) is 0.450. The second-order valence-electron chi connectivity index (χ2n) is 2.79. The minimum absolute atomic E-state index is 0. The Morgan fingerprint density at radius 2 is 1.00 bits per heavy atom. The summed E-state index contributed by atoms with van der Waals surface area (Å²) < 4.78 is 0. The Morgan fingerprint density at radius 3 is 1.00 bits per heavy atom. The molecular formula is C10H18NiO5. The van der Waals surface area contributed by atoms with Gasteiger partial charge >= 0.3 is 0 Å². The fourth-order valence-corrected chi connectivity index (χ4v) is 0.588. The molecule has 0 aromatic heterocycles. The van der Waals surface area contributed by atoms with E-state index in [9.17, 15) is 9.59 Å². The smallest absolute Gasteiger partial charge is 0.155 e. The summed E-state index contributed by atoms with van der Waals surface area (Å²) in [5, 5.41) is 16.7. The molecule has 0 spiro atoms. The van der Waals surface area contributed by atoms with Crippen molar-refractivity contribution in [2.24, 2.45) is 0 Å². The Balaban J connectivity index is -0.0000000800. The van der Waals surface area contributed by atoms with Gasteiger partial charge in [0.25, 0.3) is 0 Å². The van der Waals surface area contributed by atoms with E-state index in [1.54, 1.807) is 0 Å². The molecule has 0 aliphatic heterocycles. The third kappa shape index (κ3) is 38.4. The Hall–Kier alpha value is -1.13. The van der Waals surface area contributed by atoms with Crippen LogP contribution in [0.2, 0.25) is 0 Å². The van der Waals surface area contributed by atoms with Gasteiger partial charge < -0.3 is 15.7 Å². The molecule has 0 rings (SSSR count). The van der Waals surface area contributed by atoms with Crippen molar-refractivity contribution in [1.29, 1.82) is 0 Å². The van der Waals surface area contributed by atoms with Gasteiger partial charge in [-0.1, -0.05) is 0 Å². The van der Waals surface area contributed by atoms with Crippen LogP contribution in [0.15, 0.2) is 23.7 Å². The molecule has 0 aromatic carbocycles. The van der Waals surface area contributed by atoms with Crippen molar-refractivity contribution in [3.05, 3.63) is 23.7 Å². The summed E-state index contributed by atoms with van der Waals surface area (Å²) in [4.78, 5) is 20.0.